The molecule has 0 radical (unpaired) electrons. The number of carboxylic acid groups (broad SMARTS) is 1. The first-order chi connectivity index (χ1) is 27.1. The molecule has 0 spiro atoms. The molecule has 12 atom stereocenters. The zero-order chi connectivity index (χ0) is 43.8. The van der Waals surface area contributed by atoms with Gasteiger partial charge in [-0.2, -0.15) is 0 Å². The third-order valence-electron chi connectivity index (χ3n) is 18.4. The van der Waals surface area contributed by atoms with Crippen molar-refractivity contribution in [3.8, 4) is 0 Å². The van der Waals surface area contributed by atoms with Gasteiger partial charge in [0.25, 0.3) is 0 Å². The van der Waals surface area contributed by atoms with E-state index in [4.69, 9.17) is 9.47 Å². The molecule has 4 N–H and O–H groups in total. The zero-order valence-electron chi connectivity index (χ0n) is 37.9. The van der Waals surface area contributed by atoms with Gasteiger partial charge in [0.2, 0.25) is 0 Å². The number of hydrogen-bond acceptors (Lipinski definition) is 9. The molecule has 12 nitrogen and oxygen atoms in total. The van der Waals surface area contributed by atoms with Gasteiger partial charge in [-0.25, -0.2) is 8.42 Å². The lowest BCUT2D eigenvalue weighted by atomic mass is 9.32. The lowest BCUT2D eigenvalue weighted by molar-refractivity contribution is -0.247. The summed E-state index contributed by atoms with van der Waals surface area (Å²) in [5.74, 6) is 2.05. The highest BCUT2D eigenvalue weighted by molar-refractivity contribution is 7.91. The van der Waals surface area contributed by atoms with Crippen LogP contribution in [0.15, 0.2) is 0 Å². The van der Waals surface area contributed by atoms with Gasteiger partial charge in [0.05, 0.1) is 30.5 Å². The maximum Gasteiger partial charge on any atom is 0.350 e. The van der Waals surface area contributed by atoms with E-state index in [1.165, 1.54) is 19.3 Å². The van der Waals surface area contributed by atoms with Gasteiger partial charge < -0.3 is 29.7 Å². The molecule has 1 saturated heterocycles. The van der Waals surface area contributed by atoms with Crippen LogP contribution in [-0.4, -0.2) is 101 Å². The minimum atomic E-state index is -4.38. The first kappa shape index (κ1) is 47.4. The number of esters is 1. The van der Waals surface area contributed by atoms with E-state index in [1.807, 2.05) is 20.8 Å². The zero-order valence-corrected chi connectivity index (χ0v) is 39.6. The monoisotopic (exact) mass is 871 g/mol. The van der Waals surface area contributed by atoms with Crippen LogP contribution in [0.1, 0.15) is 146 Å². The second-order valence-electron chi connectivity index (χ2n) is 22.8. The van der Waals surface area contributed by atoms with Crippen molar-refractivity contribution >= 4 is 29.4 Å². The highest BCUT2D eigenvalue weighted by atomic mass is 32.2. The average Bonchev–Trinajstić information content (AvgIpc) is 3.48. The lowest BCUT2D eigenvalue weighted by Crippen LogP contribution is -2.69. The summed E-state index contributed by atoms with van der Waals surface area (Å²) in [5.41, 5.74) is -0.561. The van der Waals surface area contributed by atoms with Crippen molar-refractivity contribution in [2.45, 2.75) is 170 Å². The van der Waals surface area contributed by atoms with E-state index in [9.17, 15) is 37.5 Å². The van der Waals surface area contributed by atoms with Gasteiger partial charge in [-0.05, 0) is 128 Å². The summed E-state index contributed by atoms with van der Waals surface area (Å²) in [5, 5.41) is 13.6. The minimum Gasteiger partial charge on any atom is -0.481 e. The standard InChI is InChI=1S/C45H79N2O10PS/c1-29(2)31-13-18-45(46-27-33(30(3)56-28-58(51,52)53)47-21-23-59(54,55)24-22-47)20-19-43(9)32(39(31)45)11-12-35-42(8)16-15-36(41(6,7)34(42)14-17-44(35,43)10)57-38(50)26-40(4,5)25-37(48)49/h29-36,39,46H,11-28H2,1-10H3,(H,48,49)(H2,51,52,53)/t30-,31+,32-,33-,34+,35-,36+,39-,42+,43-,44-,45+/m1/s1. The Labute approximate surface area is 355 Å². The smallest absolute Gasteiger partial charge is 0.350 e. The Morgan fingerprint density at radius 1 is 0.864 bits per heavy atom. The predicted molar refractivity (Wildman–Crippen MR) is 229 cm³/mol. The number of fused-ring (bicyclic) bond motifs is 7. The fourth-order valence-electron chi connectivity index (χ4n) is 15.2. The van der Waals surface area contributed by atoms with Crippen LogP contribution in [0.5, 0.6) is 0 Å². The number of carboxylic acids is 1. The molecule has 0 unspecified atom stereocenters. The maximum atomic E-state index is 13.3. The van der Waals surface area contributed by atoms with Crippen LogP contribution in [0.2, 0.25) is 0 Å². The number of hydrogen-bond donors (Lipinski definition) is 4. The molecule has 6 rings (SSSR count). The lowest BCUT2D eigenvalue weighted by Gasteiger charge is -2.73. The van der Waals surface area contributed by atoms with Crippen molar-refractivity contribution in [2.75, 3.05) is 37.5 Å². The van der Waals surface area contributed by atoms with Crippen molar-refractivity contribution in [3.63, 3.8) is 0 Å². The Morgan fingerprint density at radius 3 is 2.14 bits per heavy atom. The summed E-state index contributed by atoms with van der Waals surface area (Å²) in [6.07, 6.45) is 9.57. The molecular formula is C45H79N2O10PS. The quantitative estimate of drug-likeness (QED) is 0.0999. The summed E-state index contributed by atoms with van der Waals surface area (Å²) in [6, 6.07) is -0.226. The molecule has 6 aliphatic rings. The summed E-state index contributed by atoms with van der Waals surface area (Å²) >= 11 is 0. The molecular weight excluding hydrogens is 792 g/mol. The van der Waals surface area contributed by atoms with E-state index in [0.717, 1.165) is 44.9 Å². The van der Waals surface area contributed by atoms with Crippen molar-refractivity contribution in [3.05, 3.63) is 0 Å². The van der Waals surface area contributed by atoms with Gasteiger partial charge in [0, 0.05) is 36.6 Å². The number of carbonyl (C=O) groups excluding carboxylic acids is 1. The first-order valence-electron chi connectivity index (χ1n) is 22.9. The Kier molecular flexibility index (Phi) is 13.2. The third-order valence-corrected chi connectivity index (χ3v) is 20.5. The van der Waals surface area contributed by atoms with Crippen molar-refractivity contribution < 1.29 is 46.9 Å². The van der Waals surface area contributed by atoms with Gasteiger partial charge >= 0.3 is 19.5 Å². The van der Waals surface area contributed by atoms with E-state index in [2.05, 4.69) is 58.7 Å². The van der Waals surface area contributed by atoms with Crippen molar-refractivity contribution in [1.82, 2.24) is 10.2 Å². The van der Waals surface area contributed by atoms with E-state index >= 15 is 0 Å². The van der Waals surface area contributed by atoms with Crippen LogP contribution in [0, 0.1) is 62.6 Å². The molecule has 0 bridgehead atoms. The predicted octanol–water partition coefficient (Wildman–Crippen LogP) is 7.51. The molecule has 14 heteroatoms. The highest BCUT2D eigenvalue weighted by Crippen LogP contribution is 2.76. The molecule has 5 saturated carbocycles. The van der Waals surface area contributed by atoms with E-state index in [-0.39, 0.29) is 69.7 Å². The molecule has 340 valence electrons. The summed E-state index contributed by atoms with van der Waals surface area (Å²) in [6.45, 7) is 24.1. The first-order valence-corrected chi connectivity index (χ1v) is 26.5. The largest absolute Gasteiger partial charge is 0.481 e. The van der Waals surface area contributed by atoms with Gasteiger partial charge in [0.15, 0.2) is 9.84 Å². The van der Waals surface area contributed by atoms with Gasteiger partial charge in [-0.15, -0.1) is 0 Å². The number of nitrogens with one attached hydrogen (secondary N) is 1. The summed E-state index contributed by atoms with van der Waals surface area (Å²) < 4.78 is 48.8. The van der Waals surface area contributed by atoms with Gasteiger partial charge in [-0.3, -0.25) is 19.1 Å². The molecule has 0 aromatic heterocycles. The van der Waals surface area contributed by atoms with Crippen LogP contribution in [0.4, 0.5) is 0 Å². The molecule has 5 aliphatic carbocycles. The van der Waals surface area contributed by atoms with Crippen molar-refractivity contribution in [1.29, 1.82) is 0 Å². The molecule has 1 aliphatic heterocycles. The SMILES string of the molecule is CC(C)[C@@H]1CC[C@]2(NC[C@H]([C@@H](C)OCP(=O)(O)O)N3CCS(=O)(=O)CC3)CC[C@]3(C)[C@H](CC[C@@H]4[C@@]5(C)CC[C@H](OC(=O)CC(C)(C)CC(=O)O)C(C)(C)[C@@H]5CC[C@]43C)[C@@H]12. The van der Waals surface area contributed by atoms with E-state index < -0.39 is 41.3 Å². The third kappa shape index (κ3) is 9.03. The van der Waals surface area contributed by atoms with Crippen LogP contribution < -0.4 is 5.32 Å². The van der Waals surface area contributed by atoms with Crippen LogP contribution in [0.3, 0.4) is 0 Å². The molecule has 0 amide bonds. The van der Waals surface area contributed by atoms with E-state index in [0.29, 0.717) is 55.1 Å². The highest BCUT2D eigenvalue weighted by Gasteiger charge is 2.71. The topological polar surface area (TPSA) is 180 Å². The Balaban J connectivity index is 1.23. The fourth-order valence-corrected chi connectivity index (χ4v) is 16.9. The van der Waals surface area contributed by atoms with Crippen LogP contribution >= 0.6 is 7.60 Å². The Morgan fingerprint density at radius 2 is 1.53 bits per heavy atom. The molecule has 0 aromatic carbocycles. The number of ether oxygens (including phenoxy) is 2. The minimum absolute atomic E-state index is 0.0732. The summed E-state index contributed by atoms with van der Waals surface area (Å²) in [7, 11) is -7.49. The fraction of sp³-hybridized carbons (Fsp3) is 0.956. The Hall–Kier alpha value is -1.08. The van der Waals surface area contributed by atoms with E-state index in [1.54, 1.807) is 0 Å². The number of nitrogens with zero attached hydrogens (tertiary/aromatic N) is 1. The molecule has 0 aromatic rings. The van der Waals surface area contributed by atoms with Crippen molar-refractivity contribution in [2.24, 2.45) is 62.6 Å². The molecule has 1 heterocycles. The van der Waals surface area contributed by atoms with Crippen LogP contribution in [-0.2, 0) is 33.5 Å². The normalized spacial score (nSPS) is 40.6. The maximum absolute atomic E-state index is 13.3. The number of aliphatic carboxylic acids is 1. The average molecular weight is 871 g/mol. The Bertz CT molecular complexity index is 1720. The second kappa shape index (κ2) is 16.5. The molecule has 59 heavy (non-hydrogen) atoms. The second-order valence-corrected chi connectivity index (χ2v) is 26.7. The number of carbonyl (C=O) groups is 2. The van der Waals surface area contributed by atoms with Gasteiger partial charge in [0.1, 0.15) is 12.5 Å². The van der Waals surface area contributed by atoms with Gasteiger partial charge in [-0.1, -0.05) is 62.3 Å². The summed E-state index contributed by atoms with van der Waals surface area (Å²) in [4.78, 5) is 46.2. The molecule has 6 fully saturated rings. The van der Waals surface area contributed by atoms with Crippen LogP contribution in [0.25, 0.3) is 0 Å². The number of rotatable bonds is 14. The number of sulfone groups is 1.